The minimum atomic E-state index is -0.136. The third kappa shape index (κ3) is 6.91. The summed E-state index contributed by atoms with van der Waals surface area (Å²) in [6.45, 7) is 3.20. The van der Waals surface area contributed by atoms with Crippen LogP contribution in [0.4, 0.5) is 5.69 Å². The molecule has 31 heavy (non-hydrogen) atoms. The van der Waals surface area contributed by atoms with Gasteiger partial charge in [-0.05, 0) is 50.8 Å². The van der Waals surface area contributed by atoms with Crippen molar-refractivity contribution in [2.45, 2.75) is 45.3 Å². The number of hydrogen-bond donors (Lipinski definition) is 3. The maximum atomic E-state index is 12.2. The summed E-state index contributed by atoms with van der Waals surface area (Å²) in [5, 5.41) is 9.12. The van der Waals surface area contributed by atoms with Gasteiger partial charge >= 0.3 is 0 Å². The van der Waals surface area contributed by atoms with Crippen molar-refractivity contribution in [2.75, 3.05) is 25.5 Å². The molecule has 0 atom stereocenters. The summed E-state index contributed by atoms with van der Waals surface area (Å²) >= 11 is 0. The van der Waals surface area contributed by atoms with E-state index in [0.29, 0.717) is 19.0 Å². The molecule has 0 saturated heterocycles. The number of guanidine groups is 1. The SMILES string of the molecule is CCNC(=NCc1cccc(OC)c1OC1CCCC1)NCC(=O)Nc1ccccc1. The highest BCUT2D eigenvalue weighted by molar-refractivity contribution is 5.94. The number of amides is 1. The Morgan fingerprint density at radius 1 is 1.06 bits per heavy atom. The standard InChI is InChI=1S/C24H32N4O3/c1-3-25-24(27-17-22(29)28-19-11-5-4-6-12-19)26-16-18-10-9-15-21(30-2)23(18)31-20-13-7-8-14-20/h4-6,9-12,15,20H,3,7-8,13-14,16-17H2,1-2H3,(H,28,29)(H2,25,26,27). The van der Waals surface area contributed by atoms with Crippen LogP contribution in [0.3, 0.4) is 0 Å². The second kappa shape index (κ2) is 11.8. The summed E-state index contributed by atoms with van der Waals surface area (Å²) in [6, 6.07) is 15.2. The van der Waals surface area contributed by atoms with Gasteiger partial charge in [0, 0.05) is 17.8 Å². The molecule has 2 aromatic rings. The van der Waals surface area contributed by atoms with E-state index in [9.17, 15) is 4.79 Å². The molecule has 0 unspecified atom stereocenters. The number of aliphatic imine (C=N–C) groups is 1. The minimum absolute atomic E-state index is 0.115. The van der Waals surface area contributed by atoms with Crippen molar-refractivity contribution < 1.29 is 14.3 Å². The molecule has 0 heterocycles. The zero-order valence-corrected chi connectivity index (χ0v) is 18.3. The van der Waals surface area contributed by atoms with Crippen molar-refractivity contribution in [1.29, 1.82) is 0 Å². The van der Waals surface area contributed by atoms with Crippen LogP contribution >= 0.6 is 0 Å². The van der Waals surface area contributed by atoms with Crippen LogP contribution in [0.25, 0.3) is 0 Å². The Kier molecular flexibility index (Phi) is 8.58. The van der Waals surface area contributed by atoms with Gasteiger partial charge in [-0.2, -0.15) is 0 Å². The maximum Gasteiger partial charge on any atom is 0.243 e. The quantitative estimate of drug-likeness (QED) is 0.422. The third-order valence-electron chi connectivity index (χ3n) is 5.09. The molecule has 1 amide bonds. The number of carbonyl (C=O) groups is 1. The van der Waals surface area contributed by atoms with Crippen molar-refractivity contribution in [3.8, 4) is 11.5 Å². The number of methoxy groups -OCH3 is 1. The van der Waals surface area contributed by atoms with Gasteiger partial charge in [0.1, 0.15) is 0 Å². The maximum absolute atomic E-state index is 12.2. The summed E-state index contributed by atoms with van der Waals surface area (Å²) in [5.41, 5.74) is 1.72. The number of benzene rings is 2. The van der Waals surface area contributed by atoms with Crippen LogP contribution in [0.5, 0.6) is 11.5 Å². The Morgan fingerprint density at radius 3 is 2.55 bits per heavy atom. The van der Waals surface area contributed by atoms with Gasteiger partial charge in [-0.3, -0.25) is 4.79 Å². The molecule has 166 valence electrons. The molecule has 0 aromatic heterocycles. The van der Waals surface area contributed by atoms with Crippen molar-refractivity contribution in [2.24, 2.45) is 4.99 Å². The number of rotatable bonds is 9. The van der Waals surface area contributed by atoms with Crippen molar-refractivity contribution >= 4 is 17.6 Å². The first-order valence-electron chi connectivity index (χ1n) is 10.9. The van der Waals surface area contributed by atoms with E-state index in [-0.39, 0.29) is 18.6 Å². The lowest BCUT2D eigenvalue weighted by molar-refractivity contribution is -0.115. The van der Waals surface area contributed by atoms with Gasteiger partial charge in [0.15, 0.2) is 17.5 Å². The average molecular weight is 425 g/mol. The molecular formula is C24H32N4O3. The van der Waals surface area contributed by atoms with E-state index < -0.39 is 0 Å². The first-order chi connectivity index (χ1) is 15.2. The van der Waals surface area contributed by atoms with Gasteiger partial charge in [0.25, 0.3) is 0 Å². The molecule has 0 aliphatic heterocycles. The molecule has 0 spiro atoms. The zero-order valence-electron chi connectivity index (χ0n) is 18.3. The Hall–Kier alpha value is -3.22. The van der Waals surface area contributed by atoms with Gasteiger partial charge in [-0.25, -0.2) is 4.99 Å². The number of nitrogens with zero attached hydrogens (tertiary/aromatic N) is 1. The topological polar surface area (TPSA) is 84.0 Å². The molecule has 0 radical (unpaired) electrons. The smallest absolute Gasteiger partial charge is 0.243 e. The lowest BCUT2D eigenvalue weighted by Crippen LogP contribution is -2.41. The lowest BCUT2D eigenvalue weighted by atomic mass is 10.1. The van der Waals surface area contributed by atoms with Crippen LogP contribution in [0.15, 0.2) is 53.5 Å². The van der Waals surface area contributed by atoms with Crippen LogP contribution < -0.4 is 25.4 Å². The summed E-state index contributed by atoms with van der Waals surface area (Å²) in [4.78, 5) is 16.9. The van der Waals surface area contributed by atoms with Gasteiger partial charge in [0.2, 0.25) is 5.91 Å². The molecule has 3 rings (SSSR count). The van der Waals surface area contributed by atoms with E-state index in [2.05, 4.69) is 20.9 Å². The van der Waals surface area contributed by atoms with Crippen LogP contribution in [-0.4, -0.2) is 38.2 Å². The predicted molar refractivity (Wildman–Crippen MR) is 124 cm³/mol. The van der Waals surface area contributed by atoms with E-state index in [4.69, 9.17) is 9.47 Å². The molecule has 0 bridgehead atoms. The van der Waals surface area contributed by atoms with E-state index in [1.165, 1.54) is 12.8 Å². The fourth-order valence-corrected chi connectivity index (χ4v) is 3.55. The van der Waals surface area contributed by atoms with Crippen LogP contribution in [0.1, 0.15) is 38.2 Å². The second-order valence-corrected chi connectivity index (χ2v) is 7.44. The molecule has 2 aromatic carbocycles. The highest BCUT2D eigenvalue weighted by Crippen LogP contribution is 2.35. The highest BCUT2D eigenvalue weighted by Gasteiger charge is 2.20. The third-order valence-corrected chi connectivity index (χ3v) is 5.09. The zero-order chi connectivity index (χ0) is 21.9. The first-order valence-corrected chi connectivity index (χ1v) is 10.9. The van der Waals surface area contributed by atoms with Crippen molar-refractivity contribution in [3.05, 3.63) is 54.1 Å². The molecule has 3 N–H and O–H groups in total. The molecule has 7 heteroatoms. The second-order valence-electron chi connectivity index (χ2n) is 7.44. The highest BCUT2D eigenvalue weighted by atomic mass is 16.5. The van der Waals surface area contributed by atoms with Crippen LogP contribution in [-0.2, 0) is 11.3 Å². The van der Waals surface area contributed by atoms with E-state index in [1.54, 1.807) is 7.11 Å². The summed E-state index contributed by atoms with van der Waals surface area (Å²) in [7, 11) is 1.65. The van der Waals surface area contributed by atoms with Gasteiger partial charge in [-0.1, -0.05) is 30.3 Å². The van der Waals surface area contributed by atoms with E-state index in [1.807, 2.05) is 55.5 Å². The predicted octanol–water partition coefficient (Wildman–Crippen LogP) is 3.71. The Balaban J connectivity index is 1.64. The van der Waals surface area contributed by atoms with Gasteiger partial charge in [-0.15, -0.1) is 0 Å². The van der Waals surface area contributed by atoms with Crippen LogP contribution in [0.2, 0.25) is 0 Å². The number of para-hydroxylation sites is 2. The van der Waals surface area contributed by atoms with Crippen molar-refractivity contribution in [1.82, 2.24) is 10.6 Å². The Labute approximate surface area is 184 Å². The number of nitrogens with one attached hydrogen (secondary N) is 3. The summed E-state index contributed by atoms with van der Waals surface area (Å²) < 4.78 is 11.8. The number of ether oxygens (including phenoxy) is 2. The Bertz CT molecular complexity index is 864. The number of anilines is 1. The summed E-state index contributed by atoms with van der Waals surface area (Å²) in [5.74, 6) is 1.92. The lowest BCUT2D eigenvalue weighted by Gasteiger charge is -2.19. The first kappa shape index (κ1) is 22.5. The normalized spacial score (nSPS) is 14.2. The van der Waals surface area contributed by atoms with E-state index >= 15 is 0 Å². The van der Waals surface area contributed by atoms with E-state index in [0.717, 1.165) is 35.6 Å². The molecule has 1 saturated carbocycles. The molecule has 1 aliphatic carbocycles. The number of carbonyl (C=O) groups excluding carboxylic acids is 1. The fraction of sp³-hybridized carbons (Fsp3) is 0.417. The Morgan fingerprint density at radius 2 is 1.84 bits per heavy atom. The molecular weight excluding hydrogens is 392 g/mol. The van der Waals surface area contributed by atoms with Crippen molar-refractivity contribution in [3.63, 3.8) is 0 Å². The fourth-order valence-electron chi connectivity index (χ4n) is 3.55. The molecule has 7 nitrogen and oxygen atoms in total. The number of hydrogen-bond acceptors (Lipinski definition) is 4. The summed E-state index contributed by atoms with van der Waals surface area (Å²) in [6.07, 6.45) is 4.77. The van der Waals surface area contributed by atoms with Gasteiger partial charge < -0.3 is 25.4 Å². The van der Waals surface area contributed by atoms with Gasteiger partial charge in [0.05, 0.1) is 26.3 Å². The molecule has 1 aliphatic rings. The average Bonchev–Trinajstić information content (AvgIpc) is 3.30. The largest absolute Gasteiger partial charge is 0.493 e. The monoisotopic (exact) mass is 424 g/mol. The molecule has 1 fully saturated rings. The minimum Gasteiger partial charge on any atom is -0.493 e. The van der Waals surface area contributed by atoms with Crippen LogP contribution in [0, 0.1) is 0 Å².